The fourth-order valence-corrected chi connectivity index (χ4v) is 9.91. The van der Waals surface area contributed by atoms with E-state index in [1.54, 1.807) is 62.4 Å². The van der Waals surface area contributed by atoms with Crippen LogP contribution in [0.1, 0.15) is 102 Å². The molecule has 0 aromatic heterocycles. The van der Waals surface area contributed by atoms with Gasteiger partial charge in [0.15, 0.2) is 17.5 Å². The maximum absolute atomic E-state index is 15.0. The van der Waals surface area contributed by atoms with Crippen molar-refractivity contribution in [1.29, 1.82) is 0 Å². The maximum atomic E-state index is 15.0. The minimum atomic E-state index is -2.33. The summed E-state index contributed by atoms with van der Waals surface area (Å²) in [6.07, 6.45) is -7.83. The molecule has 1 amide bonds. The van der Waals surface area contributed by atoms with E-state index in [2.05, 4.69) is 5.32 Å². The first-order chi connectivity index (χ1) is 27.3. The number of carbonyl (C=O) groups excluding carboxylic acids is 5. The molecule has 1 heterocycles. The number of esters is 3. The lowest BCUT2D eigenvalue weighted by Crippen LogP contribution is -2.81. The molecule has 2 saturated carbocycles. The van der Waals surface area contributed by atoms with Crippen LogP contribution in [0.3, 0.4) is 0 Å². The quantitative estimate of drug-likeness (QED) is 0.0901. The Labute approximate surface area is 337 Å². The second-order valence-corrected chi connectivity index (χ2v) is 17.0. The highest BCUT2D eigenvalue weighted by molar-refractivity contribution is 5.94. The highest BCUT2D eigenvalue weighted by Crippen LogP contribution is 2.64. The normalized spacial score (nSPS) is 33.4. The zero-order valence-electron chi connectivity index (χ0n) is 33.8. The summed E-state index contributed by atoms with van der Waals surface area (Å²) >= 11 is 0. The topological polar surface area (TPSA) is 215 Å². The Morgan fingerprint density at radius 1 is 0.966 bits per heavy atom. The number of hydrogen-bond acceptors (Lipinski definition) is 13. The number of Topliss-reactive ketones (excluding diaryl/α,β-unsaturated/α-hetero) is 1. The number of unbranched alkanes of at least 4 members (excludes halogenated alkanes) is 2. The summed E-state index contributed by atoms with van der Waals surface area (Å²) in [6.45, 7) is 8.94. The zero-order chi connectivity index (χ0) is 42.4. The summed E-state index contributed by atoms with van der Waals surface area (Å²) in [5.41, 5.74) is -6.98. The minimum absolute atomic E-state index is 0.0384. The molecule has 2 aromatic carbocycles. The van der Waals surface area contributed by atoms with Crippen LogP contribution in [0.5, 0.6) is 0 Å². The van der Waals surface area contributed by atoms with Gasteiger partial charge in [-0.05, 0) is 49.1 Å². The smallest absolute Gasteiger partial charge is 0.338 e. The Balaban J connectivity index is 1.47. The van der Waals surface area contributed by atoms with Crippen molar-refractivity contribution in [2.75, 3.05) is 6.61 Å². The Morgan fingerprint density at radius 3 is 2.19 bits per heavy atom. The standard InChI is InChI=1S/C44H55NO13/c1-7-8-11-20-31(48)45-33(26-16-12-9-13-17-26)35(50)40(53)56-28-22-44(54)38(57-39(52)27-18-14-10-15-19-27)36-42(6,37(51)34(49)32(24(28)2)41(44,4)5)29(47)21-30-43(36,23-55-30)58-25(3)46/h9-10,12-19,28-30,33-36,38,47,49-50,54H,7-8,11,20-23H2,1-6H3,(H,45,48)/t28-,29+,30+,33-,34+,35+,36-,38-,42+,43-,44+/m0/s1. The molecule has 14 nitrogen and oxygen atoms in total. The number of benzene rings is 2. The number of carbonyl (C=O) groups is 5. The van der Waals surface area contributed by atoms with Crippen molar-refractivity contribution in [3.8, 4) is 0 Å². The van der Waals surface area contributed by atoms with Crippen LogP contribution in [-0.2, 0) is 38.1 Å². The molecule has 2 bridgehead atoms. The van der Waals surface area contributed by atoms with E-state index >= 15 is 0 Å². The molecule has 11 atom stereocenters. The number of ether oxygens (including phenoxy) is 4. The van der Waals surface area contributed by atoms with Crippen molar-refractivity contribution < 1.29 is 63.3 Å². The SMILES string of the molecule is CCCCCC(=O)N[C@@H](c1ccccc1)[C@@H](O)C(=O)O[C@H]1C[C@@]2(O)[C@@H](OC(=O)c3ccccc3)[C@@H]3[C@]4(OC(C)=O)CO[C@@H]4C[C@@H](O)[C@@]3(C)C(=O)[C@H](O)C(=C1C)C2(C)C. The molecule has 0 unspecified atom stereocenters. The monoisotopic (exact) mass is 805 g/mol. The van der Waals surface area contributed by atoms with Gasteiger partial charge in [-0.2, -0.15) is 0 Å². The van der Waals surface area contributed by atoms with Gasteiger partial charge in [0.2, 0.25) is 5.91 Å². The molecule has 4 aliphatic rings. The van der Waals surface area contributed by atoms with Gasteiger partial charge < -0.3 is 44.7 Å². The van der Waals surface area contributed by atoms with Gasteiger partial charge in [0, 0.05) is 31.6 Å². The molecule has 314 valence electrons. The lowest BCUT2D eigenvalue weighted by Gasteiger charge is -2.67. The van der Waals surface area contributed by atoms with E-state index < -0.39 is 101 Å². The van der Waals surface area contributed by atoms with E-state index in [9.17, 15) is 44.4 Å². The molecule has 1 aliphatic heterocycles. The maximum Gasteiger partial charge on any atom is 0.338 e. The minimum Gasteiger partial charge on any atom is -0.456 e. The fourth-order valence-electron chi connectivity index (χ4n) is 9.91. The van der Waals surface area contributed by atoms with E-state index in [0.29, 0.717) is 12.0 Å². The van der Waals surface area contributed by atoms with Gasteiger partial charge in [0.05, 0.1) is 35.6 Å². The van der Waals surface area contributed by atoms with Crippen LogP contribution >= 0.6 is 0 Å². The van der Waals surface area contributed by atoms with Gasteiger partial charge >= 0.3 is 17.9 Å². The molecule has 58 heavy (non-hydrogen) atoms. The Morgan fingerprint density at radius 2 is 1.60 bits per heavy atom. The predicted molar refractivity (Wildman–Crippen MR) is 207 cm³/mol. The van der Waals surface area contributed by atoms with Gasteiger partial charge in [-0.25, -0.2) is 9.59 Å². The number of nitrogens with one attached hydrogen (secondary N) is 1. The zero-order valence-corrected chi connectivity index (χ0v) is 33.8. The van der Waals surface area contributed by atoms with Crippen molar-refractivity contribution in [2.24, 2.45) is 16.7 Å². The Hall–Kier alpha value is -4.47. The van der Waals surface area contributed by atoms with E-state index in [1.807, 2.05) is 6.92 Å². The van der Waals surface area contributed by atoms with Crippen LogP contribution in [-0.4, -0.2) is 104 Å². The van der Waals surface area contributed by atoms with E-state index in [1.165, 1.54) is 26.0 Å². The molecule has 0 spiro atoms. The molecule has 2 aromatic rings. The van der Waals surface area contributed by atoms with Gasteiger partial charge in [0.25, 0.3) is 0 Å². The number of amides is 1. The molecule has 5 N–H and O–H groups in total. The highest BCUT2D eigenvalue weighted by Gasteiger charge is 2.78. The summed E-state index contributed by atoms with van der Waals surface area (Å²) in [5, 5.41) is 51.8. The number of hydrogen-bond donors (Lipinski definition) is 5. The third-order valence-electron chi connectivity index (χ3n) is 13.2. The van der Waals surface area contributed by atoms with E-state index in [4.69, 9.17) is 18.9 Å². The second-order valence-electron chi connectivity index (χ2n) is 17.0. The van der Waals surface area contributed by atoms with Crippen molar-refractivity contribution in [2.45, 2.75) is 134 Å². The number of aliphatic hydroxyl groups excluding tert-OH is 3. The highest BCUT2D eigenvalue weighted by atomic mass is 16.6. The van der Waals surface area contributed by atoms with Crippen LogP contribution < -0.4 is 5.32 Å². The van der Waals surface area contributed by atoms with Crippen LogP contribution in [0.2, 0.25) is 0 Å². The summed E-state index contributed by atoms with van der Waals surface area (Å²) in [7, 11) is 0. The van der Waals surface area contributed by atoms with E-state index in [-0.39, 0.29) is 42.1 Å². The lowest BCUT2D eigenvalue weighted by molar-refractivity contribution is -0.346. The third-order valence-corrected chi connectivity index (χ3v) is 13.2. The molecular formula is C44H55NO13. The van der Waals surface area contributed by atoms with Gasteiger partial charge in [-0.15, -0.1) is 0 Å². The molecule has 14 heteroatoms. The first kappa shape index (κ1) is 43.1. The summed E-state index contributed by atoms with van der Waals surface area (Å²) in [4.78, 5) is 69.0. The number of rotatable bonds is 12. The first-order valence-electron chi connectivity index (χ1n) is 20.0. The number of aliphatic hydroxyl groups is 4. The average molecular weight is 806 g/mol. The Kier molecular flexibility index (Phi) is 12.1. The number of ketones is 1. The van der Waals surface area contributed by atoms with Gasteiger partial charge in [-0.1, -0.05) is 82.1 Å². The molecule has 3 aliphatic carbocycles. The second kappa shape index (κ2) is 16.3. The fraction of sp³-hybridized carbons (Fsp3) is 0.568. The summed E-state index contributed by atoms with van der Waals surface area (Å²) < 4.78 is 24.2. The van der Waals surface area contributed by atoms with Crippen molar-refractivity contribution in [3.63, 3.8) is 0 Å². The molecule has 1 saturated heterocycles. The van der Waals surface area contributed by atoms with Crippen LogP contribution in [0.25, 0.3) is 0 Å². The van der Waals surface area contributed by atoms with Crippen LogP contribution in [0.4, 0.5) is 0 Å². The Bertz CT molecular complexity index is 1930. The summed E-state index contributed by atoms with van der Waals surface area (Å²) in [6, 6.07) is 15.1. The molecular weight excluding hydrogens is 750 g/mol. The van der Waals surface area contributed by atoms with E-state index in [0.717, 1.165) is 19.8 Å². The van der Waals surface area contributed by atoms with Crippen LogP contribution in [0.15, 0.2) is 71.8 Å². The van der Waals surface area contributed by atoms with Gasteiger partial charge in [0.1, 0.15) is 30.0 Å². The van der Waals surface area contributed by atoms with Crippen molar-refractivity contribution >= 4 is 29.6 Å². The largest absolute Gasteiger partial charge is 0.456 e. The summed E-state index contributed by atoms with van der Waals surface area (Å²) in [5.74, 6) is -5.62. The average Bonchev–Trinajstić information content (AvgIpc) is 3.18. The van der Waals surface area contributed by atoms with Crippen molar-refractivity contribution in [1.82, 2.24) is 5.32 Å². The van der Waals surface area contributed by atoms with Crippen molar-refractivity contribution in [3.05, 3.63) is 82.9 Å². The lowest BCUT2D eigenvalue weighted by atomic mass is 9.44. The molecule has 0 radical (unpaired) electrons. The van der Waals surface area contributed by atoms with Crippen LogP contribution in [0, 0.1) is 16.7 Å². The third kappa shape index (κ3) is 7.16. The van der Waals surface area contributed by atoms with Gasteiger partial charge in [-0.3, -0.25) is 14.4 Å². The molecule has 6 rings (SSSR count). The predicted octanol–water partition coefficient (Wildman–Crippen LogP) is 3.43. The number of fused-ring (bicyclic) bond motifs is 5. The first-order valence-corrected chi connectivity index (χ1v) is 20.0. The molecule has 3 fully saturated rings.